The van der Waals surface area contributed by atoms with Crippen molar-refractivity contribution in [2.24, 2.45) is 0 Å². The highest BCUT2D eigenvalue weighted by molar-refractivity contribution is 7.50. The monoisotopic (exact) mass is 188 g/mol. The van der Waals surface area contributed by atoms with Crippen molar-refractivity contribution >= 4 is 13.3 Å². The molecule has 1 aromatic rings. The predicted molar refractivity (Wildman–Crippen MR) is 44.4 cm³/mol. The molecule has 1 rings (SSSR count). The standard InChI is InChI=1S/C6H9N2O3P/c7-5-1-2-6(8-3-5)4-12(9,10)11/h1-3H,4,7H2,(H2,9,10,11). The van der Waals surface area contributed by atoms with Gasteiger partial charge in [0.1, 0.15) is 0 Å². The molecule has 0 amide bonds. The van der Waals surface area contributed by atoms with Gasteiger partial charge in [-0.25, -0.2) is 0 Å². The molecule has 0 saturated carbocycles. The largest absolute Gasteiger partial charge is 0.397 e. The molecule has 0 aliphatic rings. The lowest BCUT2D eigenvalue weighted by Crippen LogP contribution is -1.92. The third kappa shape index (κ3) is 3.00. The summed E-state index contributed by atoms with van der Waals surface area (Å²) in [5.74, 6) is 0. The van der Waals surface area contributed by atoms with Gasteiger partial charge < -0.3 is 15.5 Å². The van der Waals surface area contributed by atoms with Crippen molar-refractivity contribution in [1.82, 2.24) is 4.98 Å². The smallest absolute Gasteiger partial charge is 0.331 e. The molecule has 6 heteroatoms. The summed E-state index contributed by atoms with van der Waals surface area (Å²) in [6.07, 6.45) is 1.03. The van der Waals surface area contributed by atoms with Gasteiger partial charge in [-0.1, -0.05) is 0 Å². The van der Waals surface area contributed by atoms with Gasteiger partial charge in [-0.3, -0.25) is 9.55 Å². The first-order chi connectivity index (χ1) is 5.47. The van der Waals surface area contributed by atoms with Crippen LogP contribution in [0.5, 0.6) is 0 Å². The highest BCUT2D eigenvalue weighted by atomic mass is 31.2. The number of pyridine rings is 1. The zero-order chi connectivity index (χ0) is 9.19. The van der Waals surface area contributed by atoms with E-state index in [0.29, 0.717) is 11.4 Å². The second-order valence-corrected chi connectivity index (χ2v) is 4.05. The first-order valence-electron chi connectivity index (χ1n) is 3.22. The maximum atomic E-state index is 10.5. The number of nitrogen functional groups attached to an aromatic ring is 1. The Hall–Kier alpha value is -0.900. The molecule has 0 radical (unpaired) electrons. The second kappa shape index (κ2) is 3.23. The molecule has 1 heterocycles. The highest BCUT2D eigenvalue weighted by Crippen LogP contribution is 2.38. The quantitative estimate of drug-likeness (QED) is 0.581. The minimum atomic E-state index is -4.01. The van der Waals surface area contributed by atoms with Gasteiger partial charge in [0.15, 0.2) is 0 Å². The van der Waals surface area contributed by atoms with Crippen LogP contribution in [0.1, 0.15) is 5.69 Å². The van der Waals surface area contributed by atoms with Crippen LogP contribution in [-0.2, 0) is 10.7 Å². The number of rotatable bonds is 2. The Balaban J connectivity index is 2.78. The molecule has 0 fully saturated rings. The molecule has 1 aromatic heterocycles. The van der Waals surface area contributed by atoms with Crippen molar-refractivity contribution in [1.29, 1.82) is 0 Å². The molecule has 0 aliphatic carbocycles. The van der Waals surface area contributed by atoms with Gasteiger partial charge in [-0.15, -0.1) is 0 Å². The summed E-state index contributed by atoms with van der Waals surface area (Å²) >= 11 is 0. The number of nitrogens with zero attached hydrogens (tertiary/aromatic N) is 1. The Morgan fingerprint density at radius 3 is 2.58 bits per heavy atom. The number of hydrogen-bond acceptors (Lipinski definition) is 3. The van der Waals surface area contributed by atoms with Crippen molar-refractivity contribution in [3.8, 4) is 0 Å². The van der Waals surface area contributed by atoms with E-state index >= 15 is 0 Å². The van der Waals surface area contributed by atoms with E-state index in [-0.39, 0.29) is 6.16 Å². The molecule has 5 nitrogen and oxygen atoms in total. The molecular weight excluding hydrogens is 179 g/mol. The van der Waals surface area contributed by atoms with Gasteiger partial charge in [0.2, 0.25) is 0 Å². The molecule has 0 atom stereocenters. The van der Waals surface area contributed by atoms with E-state index in [1.54, 1.807) is 6.07 Å². The molecule has 0 bridgehead atoms. The number of aromatic nitrogens is 1. The summed E-state index contributed by atoms with van der Waals surface area (Å²) in [7, 11) is -4.01. The van der Waals surface area contributed by atoms with Crippen LogP contribution in [0.4, 0.5) is 5.69 Å². The molecule has 0 aliphatic heterocycles. The van der Waals surface area contributed by atoms with Crippen LogP contribution in [0.2, 0.25) is 0 Å². The molecule has 12 heavy (non-hydrogen) atoms. The normalized spacial score (nSPS) is 11.5. The van der Waals surface area contributed by atoms with E-state index in [0.717, 1.165) is 0 Å². The van der Waals surface area contributed by atoms with E-state index in [1.165, 1.54) is 12.3 Å². The van der Waals surface area contributed by atoms with E-state index < -0.39 is 7.60 Å². The summed E-state index contributed by atoms with van der Waals surface area (Å²) in [6, 6.07) is 3.05. The van der Waals surface area contributed by atoms with Gasteiger partial charge in [-0.05, 0) is 12.1 Å². The lowest BCUT2D eigenvalue weighted by Gasteiger charge is -2.02. The predicted octanol–water partition coefficient (Wildman–Crippen LogP) is 0.342. The van der Waals surface area contributed by atoms with Gasteiger partial charge >= 0.3 is 7.60 Å². The van der Waals surface area contributed by atoms with Gasteiger partial charge in [0.05, 0.1) is 23.7 Å². The average Bonchev–Trinajstić information content (AvgIpc) is 1.91. The minimum Gasteiger partial charge on any atom is -0.397 e. The first-order valence-corrected chi connectivity index (χ1v) is 5.02. The average molecular weight is 188 g/mol. The second-order valence-electron chi connectivity index (χ2n) is 2.41. The third-order valence-corrected chi connectivity index (χ3v) is 1.95. The highest BCUT2D eigenvalue weighted by Gasteiger charge is 2.14. The van der Waals surface area contributed by atoms with Crippen LogP contribution in [0.25, 0.3) is 0 Å². The van der Waals surface area contributed by atoms with Crippen molar-refractivity contribution in [3.05, 3.63) is 24.0 Å². The van der Waals surface area contributed by atoms with Crippen LogP contribution < -0.4 is 5.73 Å². The topological polar surface area (TPSA) is 96.4 Å². The summed E-state index contributed by atoms with van der Waals surface area (Å²) in [5, 5.41) is 0. The summed E-state index contributed by atoms with van der Waals surface area (Å²) in [4.78, 5) is 20.9. The molecule has 0 spiro atoms. The van der Waals surface area contributed by atoms with Crippen LogP contribution >= 0.6 is 7.60 Å². The van der Waals surface area contributed by atoms with Crippen LogP contribution in [0.15, 0.2) is 18.3 Å². The van der Waals surface area contributed by atoms with E-state index in [4.69, 9.17) is 15.5 Å². The van der Waals surface area contributed by atoms with Crippen LogP contribution in [0, 0.1) is 0 Å². The van der Waals surface area contributed by atoms with Crippen molar-refractivity contribution in [3.63, 3.8) is 0 Å². The van der Waals surface area contributed by atoms with Crippen LogP contribution in [-0.4, -0.2) is 14.8 Å². The fourth-order valence-corrected chi connectivity index (χ4v) is 1.35. The zero-order valence-electron chi connectivity index (χ0n) is 6.21. The Morgan fingerprint density at radius 1 is 1.50 bits per heavy atom. The summed E-state index contributed by atoms with van der Waals surface area (Å²) in [6.45, 7) is 0. The lowest BCUT2D eigenvalue weighted by molar-refractivity contribution is 0.371. The molecular formula is C6H9N2O3P. The fourth-order valence-electron chi connectivity index (χ4n) is 0.740. The third-order valence-electron chi connectivity index (χ3n) is 1.22. The van der Waals surface area contributed by atoms with Crippen molar-refractivity contribution < 1.29 is 14.4 Å². The Labute approximate surface area is 69.4 Å². The number of nitrogens with two attached hydrogens (primary N) is 1. The number of hydrogen-bond donors (Lipinski definition) is 3. The lowest BCUT2D eigenvalue weighted by atomic mass is 10.3. The maximum absolute atomic E-state index is 10.5. The Kier molecular flexibility index (Phi) is 2.47. The van der Waals surface area contributed by atoms with E-state index in [2.05, 4.69) is 4.98 Å². The summed E-state index contributed by atoms with van der Waals surface area (Å²) < 4.78 is 10.5. The Morgan fingerprint density at radius 2 is 2.17 bits per heavy atom. The van der Waals surface area contributed by atoms with Gasteiger partial charge in [0, 0.05) is 0 Å². The van der Waals surface area contributed by atoms with Gasteiger partial charge in [-0.2, -0.15) is 0 Å². The van der Waals surface area contributed by atoms with Crippen molar-refractivity contribution in [2.75, 3.05) is 5.73 Å². The molecule has 66 valence electrons. The molecule has 4 N–H and O–H groups in total. The fraction of sp³-hybridized carbons (Fsp3) is 0.167. The van der Waals surface area contributed by atoms with E-state index in [1.807, 2.05) is 0 Å². The number of anilines is 1. The maximum Gasteiger partial charge on any atom is 0.331 e. The molecule has 0 saturated heterocycles. The summed E-state index contributed by atoms with van der Waals surface area (Å²) in [5.41, 5.74) is 6.16. The van der Waals surface area contributed by atoms with Crippen LogP contribution in [0.3, 0.4) is 0 Å². The first kappa shape index (κ1) is 9.19. The van der Waals surface area contributed by atoms with Crippen molar-refractivity contribution in [2.45, 2.75) is 6.16 Å². The SMILES string of the molecule is Nc1ccc(CP(=O)(O)O)nc1. The molecule has 0 aromatic carbocycles. The Bertz CT molecular complexity index is 305. The molecule has 0 unspecified atom stereocenters. The minimum absolute atomic E-state index is 0.340. The van der Waals surface area contributed by atoms with E-state index in [9.17, 15) is 4.57 Å². The van der Waals surface area contributed by atoms with Gasteiger partial charge in [0.25, 0.3) is 0 Å². The zero-order valence-corrected chi connectivity index (χ0v) is 7.11.